The van der Waals surface area contributed by atoms with Gasteiger partial charge in [0, 0.05) is 19.4 Å². The second kappa shape index (κ2) is 54.9. The molecule has 0 aliphatic carbocycles. The minimum atomic E-state index is -0.545. The maximum atomic E-state index is 12.8. The van der Waals surface area contributed by atoms with Crippen molar-refractivity contribution in [2.75, 3.05) is 19.8 Å². The number of ether oxygens (including phenoxy) is 3. The summed E-state index contributed by atoms with van der Waals surface area (Å²) in [5, 5.41) is 0. The second-order valence-corrected chi connectivity index (χ2v) is 18.5. The SMILES string of the molecule is CC/C=C\C/C=C\C/C=C\C/C=C\CCCCCCCCC(=O)OCC(COCCCCCCCCCCCCCCCCCC)OC(=O)CCCCCCC/C=C\CCCCCC. The van der Waals surface area contributed by atoms with Gasteiger partial charge in [0.05, 0.1) is 6.61 Å². The molecular formula is C59H106O5. The molecule has 0 aromatic heterocycles. The van der Waals surface area contributed by atoms with Crippen LogP contribution in [0, 0.1) is 0 Å². The minimum absolute atomic E-state index is 0.0763. The number of esters is 2. The number of unbranched alkanes of at least 4 members (excludes halogenated alkanes) is 30. The molecule has 0 saturated heterocycles. The van der Waals surface area contributed by atoms with Crippen molar-refractivity contribution >= 4 is 11.9 Å². The molecule has 0 aromatic carbocycles. The summed E-state index contributed by atoms with van der Waals surface area (Å²) in [7, 11) is 0. The Labute approximate surface area is 398 Å². The van der Waals surface area contributed by atoms with Gasteiger partial charge in [0.1, 0.15) is 6.61 Å². The average Bonchev–Trinajstić information content (AvgIpc) is 3.30. The van der Waals surface area contributed by atoms with Crippen LogP contribution in [0.3, 0.4) is 0 Å². The molecule has 0 aromatic rings. The molecule has 0 fully saturated rings. The van der Waals surface area contributed by atoms with E-state index >= 15 is 0 Å². The fourth-order valence-electron chi connectivity index (χ4n) is 7.91. The number of rotatable bonds is 51. The smallest absolute Gasteiger partial charge is 0.306 e. The molecule has 0 rings (SSSR count). The number of allylic oxidation sites excluding steroid dienone is 10. The Balaban J connectivity index is 4.26. The topological polar surface area (TPSA) is 61.8 Å². The maximum absolute atomic E-state index is 12.8. The molecule has 0 aliphatic heterocycles. The quantitative estimate of drug-likeness (QED) is 0.0346. The van der Waals surface area contributed by atoms with Crippen LogP contribution in [0.4, 0.5) is 0 Å². The molecule has 5 heteroatoms. The van der Waals surface area contributed by atoms with Gasteiger partial charge in [-0.3, -0.25) is 9.59 Å². The van der Waals surface area contributed by atoms with Crippen molar-refractivity contribution in [3.63, 3.8) is 0 Å². The van der Waals surface area contributed by atoms with Crippen LogP contribution in [0.2, 0.25) is 0 Å². The Kier molecular flexibility index (Phi) is 52.9. The molecule has 0 aliphatic rings. The molecule has 1 atom stereocenters. The second-order valence-electron chi connectivity index (χ2n) is 18.5. The Morgan fingerprint density at radius 2 is 0.703 bits per heavy atom. The fourth-order valence-corrected chi connectivity index (χ4v) is 7.91. The summed E-state index contributed by atoms with van der Waals surface area (Å²) in [5.74, 6) is -0.412. The lowest BCUT2D eigenvalue weighted by Gasteiger charge is -2.18. The van der Waals surface area contributed by atoms with Crippen molar-refractivity contribution in [2.24, 2.45) is 0 Å². The van der Waals surface area contributed by atoms with Gasteiger partial charge < -0.3 is 14.2 Å². The number of hydrogen-bond donors (Lipinski definition) is 0. The van der Waals surface area contributed by atoms with Gasteiger partial charge >= 0.3 is 11.9 Å². The molecular weight excluding hydrogens is 789 g/mol. The summed E-state index contributed by atoms with van der Waals surface area (Å²) in [4.78, 5) is 25.5. The molecule has 0 saturated carbocycles. The first kappa shape index (κ1) is 61.6. The molecule has 0 bridgehead atoms. The van der Waals surface area contributed by atoms with Crippen molar-refractivity contribution in [1.82, 2.24) is 0 Å². The molecule has 5 nitrogen and oxygen atoms in total. The first-order valence-corrected chi connectivity index (χ1v) is 27.8. The lowest BCUT2D eigenvalue weighted by molar-refractivity contribution is -0.163. The zero-order chi connectivity index (χ0) is 46.3. The number of hydrogen-bond acceptors (Lipinski definition) is 5. The monoisotopic (exact) mass is 895 g/mol. The highest BCUT2D eigenvalue weighted by atomic mass is 16.6. The van der Waals surface area contributed by atoms with E-state index in [0.29, 0.717) is 19.4 Å². The minimum Gasteiger partial charge on any atom is -0.462 e. The molecule has 64 heavy (non-hydrogen) atoms. The van der Waals surface area contributed by atoms with Crippen LogP contribution in [-0.2, 0) is 23.8 Å². The summed E-state index contributed by atoms with van der Waals surface area (Å²) in [6, 6.07) is 0. The lowest BCUT2D eigenvalue weighted by Crippen LogP contribution is -2.30. The van der Waals surface area contributed by atoms with E-state index in [2.05, 4.69) is 81.5 Å². The van der Waals surface area contributed by atoms with Crippen molar-refractivity contribution in [3.05, 3.63) is 60.8 Å². The van der Waals surface area contributed by atoms with Gasteiger partial charge in [0.15, 0.2) is 6.10 Å². The molecule has 0 amide bonds. The van der Waals surface area contributed by atoms with E-state index in [1.54, 1.807) is 0 Å². The Morgan fingerprint density at radius 1 is 0.359 bits per heavy atom. The normalized spacial score (nSPS) is 12.6. The maximum Gasteiger partial charge on any atom is 0.306 e. The van der Waals surface area contributed by atoms with Crippen molar-refractivity contribution in [1.29, 1.82) is 0 Å². The van der Waals surface area contributed by atoms with Crippen molar-refractivity contribution in [2.45, 2.75) is 284 Å². The Hall–Kier alpha value is -2.40. The van der Waals surface area contributed by atoms with Crippen molar-refractivity contribution < 1.29 is 23.8 Å². The molecule has 0 N–H and O–H groups in total. The molecule has 1 unspecified atom stereocenters. The summed E-state index contributed by atoms with van der Waals surface area (Å²) in [6.45, 7) is 7.72. The third-order valence-electron chi connectivity index (χ3n) is 12.0. The van der Waals surface area contributed by atoms with E-state index in [-0.39, 0.29) is 25.2 Å². The van der Waals surface area contributed by atoms with Gasteiger partial charge in [-0.15, -0.1) is 0 Å². The lowest BCUT2D eigenvalue weighted by atomic mass is 10.0. The number of carbonyl (C=O) groups excluding carboxylic acids is 2. The van der Waals surface area contributed by atoms with Crippen LogP contribution in [-0.4, -0.2) is 37.9 Å². The molecule has 372 valence electrons. The highest BCUT2D eigenvalue weighted by molar-refractivity contribution is 5.70. The number of carbonyl (C=O) groups is 2. The largest absolute Gasteiger partial charge is 0.462 e. The van der Waals surface area contributed by atoms with Gasteiger partial charge in [0.25, 0.3) is 0 Å². The highest BCUT2D eigenvalue weighted by Gasteiger charge is 2.17. The van der Waals surface area contributed by atoms with E-state index < -0.39 is 6.10 Å². The van der Waals surface area contributed by atoms with Crippen LogP contribution in [0.1, 0.15) is 278 Å². The van der Waals surface area contributed by atoms with Gasteiger partial charge in [-0.1, -0.05) is 242 Å². The van der Waals surface area contributed by atoms with Crippen LogP contribution >= 0.6 is 0 Å². The standard InChI is InChI=1S/C59H106O5/c1-4-7-10-13-16-19-22-25-27-29-30-31-32-35-37-40-43-46-49-52-58(60)63-56-57(64-59(61)53-50-47-44-41-38-34-24-21-18-15-12-9-6-3)55-62-54-51-48-45-42-39-36-33-28-26-23-20-17-14-11-8-5-2/h7,10,16,19,21,24-25,27,30-31,57H,4-6,8-9,11-15,17-18,20,22-23,26,28-29,32-56H2,1-3H3/b10-7-,19-16-,24-21-,27-25-,31-30-. The van der Waals surface area contributed by atoms with Crippen LogP contribution < -0.4 is 0 Å². The first-order chi connectivity index (χ1) is 31.6. The third kappa shape index (κ3) is 52.2. The highest BCUT2D eigenvalue weighted by Crippen LogP contribution is 2.15. The summed E-state index contributed by atoms with van der Waals surface area (Å²) in [5.41, 5.74) is 0. The van der Waals surface area contributed by atoms with E-state index in [4.69, 9.17) is 14.2 Å². The van der Waals surface area contributed by atoms with Gasteiger partial charge in [-0.2, -0.15) is 0 Å². The average molecular weight is 895 g/mol. The first-order valence-electron chi connectivity index (χ1n) is 27.8. The van der Waals surface area contributed by atoms with E-state index in [0.717, 1.165) is 89.9 Å². The van der Waals surface area contributed by atoms with Gasteiger partial charge in [-0.25, -0.2) is 0 Å². The van der Waals surface area contributed by atoms with Gasteiger partial charge in [-0.05, 0) is 83.5 Å². The van der Waals surface area contributed by atoms with E-state index in [1.165, 1.54) is 154 Å². The van der Waals surface area contributed by atoms with Crippen LogP contribution in [0.15, 0.2) is 60.8 Å². The zero-order valence-corrected chi connectivity index (χ0v) is 42.8. The van der Waals surface area contributed by atoms with Crippen molar-refractivity contribution in [3.8, 4) is 0 Å². The zero-order valence-electron chi connectivity index (χ0n) is 42.8. The third-order valence-corrected chi connectivity index (χ3v) is 12.0. The van der Waals surface area contributed by atoms with Crippen LogP contribution in [0.5, 0.6) is 0 Å². The van der Waals surface area contributed by atoms with E-state index in [1.807, 2.05) is 0 Å². The van der Waals surface area contributed by atoms with Gasteiger partial charge in [0.2, 0.25) is 0 Å². The summed E-state index contributed by atoms with van der Waals surface area (Å²) >= 11 is 0. The predicted molar refractivity (Wildman–Crippen MR) is 279 cm³/mol. The Morgan fingerprint density at radius 3 is 1.16 bits per heavy atom. The van der Waals surface area contributed by atoms with E-state index in [9.17, 15) is 9.59 Å². The van der Waals surface area contributed by atoms with Crippen LogP contribution in [0.25, 0.3) is 0 Å². The fraction of sp³-hybridized carbons (Fsp3) is 0.797. The molecule has 0 radical (unpaired) electrons. The molecule has 0 spiro atoms. The Bertz CT molecular complexity index is 1100. The predicted octanol–water partition coefficient (Wildman–Crippen LogP) is 18.9. The summed E-state index contributed by atoms with van der Waals surface area (Å²) in [6.07, 6.45) is 69.5. The molecule has 0 heterocycles. The summed E-state index contributed by atoms with van der Waals surface area (Å²) < 4.78 is 17.4.